The third-order valence-electron chi connectivity index (χ3n) is 10.1. The summed E-state index contributed by atoms with van der Waals surface area (Å²) in [4.78, 5) is 27.2. The maximum Gasteiger partial charge on any atom is 0.317 e. The molecule has 2 saturated heterocycles. The van der Waals surface area contributed by atoms with Crippen LogP contribution in [-0.2, 0) is 28.5 Å². The van der Waals surface area contributed by atoms with Crippen LogP contribution in [0, 0.1) is 22.2 Å². The van der Waals surface area contributed by atoms with E-state index in [2.05, 4.69) is 0 Å². The van der Waals surface area contributed by atoms with Crippen molar-refractivity contribution < 1.29 is 59.2 Å². The molecule has 3 saturated carbocycles. The minimum atomic E-state index is -2.05. The van der Waals surface area contributed by atoms with E-state index in [4.69, 9.17) is 18.9 Å². The summed E-state index contributed by atoms with van der Waals surface area (Å²) in [6, 6.07) is 0. The Kier molecular flexibility index (Phi) is 5.47. The van der Waals surface area contributed by atoms with Gasteiger partial charge in [0.1, 0.15) is 52.6 Å². The van der Waals surface area contributed by atoms with Gasteiger partial charge in [0.2, 0.25) is 6.29 Å². The second-order valence-electron chi connectivity index (χ2n) is 11.3. The molecule has 35 heavy (non-hydrogen) atoms. The largest absolute Gasteiger partial charge is 0.461 e. The Morgan fingerprint density at radius 1 is 1.14 bits per heavy atom. The minimum Gasteiger partial charge on any atom is -0.461 e. The van der Waals surface area contributed by atoms with Crippen LogP contribution in [0.5, 0.6) is 0 Å². The molecule has 12 heteroatoms. The highest BCUT2D eigenvalue weighted by atomic mass is 16.7. The van der Waals surface area contributed by atoms with Gasteiger partial charge in [0.15, 0.2) is 0 Å². The third-order valence-corrected chi connectivity index (χ3v) is 10.1. The standard InChI is InChI=1S/C23H34O12/c1-10-4-5-22(30)20(10,17(28)35-16-15(27)14(26)13(25)11(7-24)33-16)8-21-18(29)34-12(6-23(21,22)31)19(21,2)9-32-3/h10-16,24-27,30-31H,4-9H2,1-3H3. The quantitative estimate of drug-likeness (QED) is 0.218. The molecule has 12 nitrogen and oxygen atoms in total. The Morgan fingerprint density at radius 2 is 1.83 bits per heavy atom. The molecule has 5 rings (SSSR count). The van der Waals surface area contributed by atoms with E-state index in [1.54, 1.807) is 13.8 Å². The number of rotatable bonds is 5. The summed E-state index contributed by atoms with van der Waals surface area (Å²) in [7, 11) is 1.46. The molecule has 2 heterocycles. The lowest BCUT2D eigenvalue weighted by atomic mass is 9.61. The Labute approximate surface area is 201 Å². The molecule has 0 aromatic heterocycles. The van der Waals surface area contributed by atoms with Crippen molar-refractivity contribution in [2.24, 2.45) is 22.2 Å². The predicted molar refractivity (Wildman–Crippen MR) is 112 cm³/mol. The second kappa shape index (κ2) is 7.57. The maximum atomic E-state index is 13.9. The Hall–Kier alpha value is -1.38. The number of aliphatic hydroxyl groups excluding tert-OH is 4. The molecule has 0 aromatic carbocycles. The number of aliphatic hydroxyl groups is 6. The van der Waals surface area contributed by atoms with Crippen LogP contribution in [0.1, 0.15) is 39.5 Å². The predicted octanol–water partition coefficient (Wildman–Crippen LogP) is -2.42. The van der Waals surface area contributed by atoms with Crippen molar-refractivity contribution in [2.45, 2.75) is 87.5 Å². The maximum absolute atomic E-state index is 13.9. The first-order valence-corrected chi connectivity index (χ1v) is 12.0. The Bertz CT molecular complexity index is 926. The average molecular weight is 503 g/mol. The van der Waals surface area contributed by atoms with Gasteiger partial charge in [-0.15, -0.1) is 0 Å². The molecular formula is C23H34O12. The summed E-state index contributed by atoms with van der Waals surface area (Å²) < 4.78 is 21.8. The van der Waals surface area contributed by atoms with E-state index >= 15 is 0 Å². The second-order valence-corrected chi connectivity index (χ2v) is 11.3. The topological polar surface area (TPSA) is 192 Å². The van der Waals surface area contributed by atoms with Gasteiger partial charge < -0.3 is 49.6 Å². The Balaban J connectivity index is 1.56. The normalized spacial score (nSPS) is 56.6. The number of esters is 2. The summed E-state index contributed by atoms with van der Waals surface area (Å²) in [5.74, 6) is -2.25. The summed E-state index contributed by atoms with van der Waals surface area (Å²) in [6.07, 6.45) is -8.96. The molecule has 5 fully saturated rings. The SMILES string of the molecule is COCC1(C)C2CC3(O)C4(O)CCC(C)C4(C(=O)OC4OC(CO)C(O)C(O)C4O)CC13C(=O)O2. The van der Waals surface area contributed by atoms with Crippen molar-refractivity contribution in [1.29, 1.82) is 0 Å². The number of methoxy groups -OCH3 is 1. The molecule has 12 unspecified atom stereocenters. The van der Waals surface area contributed by atoms with Crippen molar-refractivity contribution in [3.8, 4) is 0 Å². The fraction of sp³-hybridized carbons (Fsp3) is 0.913. The fourth-order valence-electron chi connectivity index (χ4n) is 8.11. The molecule has 6 N–H and O–H groups in total. The van der Waals surface area contributed by atoms with Gasteiger partial charge in [-0.2, -0.15) is 0 Å². The lowest BCUT2D eigenvalue weighted by molar-refractivity contribution is -0.299. The highest BCUT2D eigenvalue weighted by molar-refractivity contribution is 5.91. The van der Waals surface area contributed by atoms with Crippen LogP contribution in [-0.4, -0.2) is 111 Å². The smallest absolute Gasteiger partial charge is 0.317 e. The van der Waals surface area contributed by atoms with E-state index in [-0.39, 0.29) is 25.9 Å². The van der Waals surface area contributed by atoms with Gasteiger partial charge in [-0.1, -0.05) is 13.8 Å². The van der Waals surface area contributed by atoms with Gasteiger partial charge in [-0.05, 0) is 25.2 Å². The number of carbonyl (C=O) groups excluding carboxylic acids is 2. The van der Waals surface area contributed by atoms with Crippen LogP contribution in [0.15, 0.2) is 0 Å². The van der Waals surface area contributed by atoms with Crippen LogP contribution in [0.25, 0.3) is 0 Å². The molecule has 0 aromatic rings. The van der Waals surface area contributed by atoms with Crippen LogP contribution in [0.2, 0.25) is 0 Å². The zero-order chi connectivity index (χ0) is 25.8. The molecular weight excluding hydrogens is 468 g/mol. The monoisotopic (exact) mass is 502 g/mol. The number of carbonyl (C=O) groups is 2. The first-order chi connectivity index (χ1) is 16.3. The molecule has 2 aliphatic heterocycles. The van der Waals surface area contributed by atoms with Gasteiger partial charge in [0, 0.05) is 18.9 Å². The average Bonchev–Trinajstić information content (AvgIpc) is 3.33. The van der Waals surface area contributed by atoms with E-state index in [9.17, 15) is 40.2 Å². The molecule has 1 spiro atoms. The lowest BCUT2D eigenvalue weighted by Gasteiger charge is -2.47. The van der Waals surface area contributed by atoms with Crippen LogP contribution in [0.4, 0.5) is 0 Å². The van der Waals surface area contributed by atoms with Gasteiger partial charge in [-0.3, -0.25) is 9.59 Å². The van der Waals surface area contributed by atoms with Gasteiger partial charge >= 0.3 is 11.9 Å². The first kappa shape index (κ1) is 25.3. The number of hydrogen-bond acceptors (Lipinski definition) is 12. The zero-order valence-electron chi connectivity index (χ0n) is 19.9. The molecule has 0 amide bonds. The van der Waals surface area contributed by atoms with Crippen molar-refractivity contribution in [3.05, 3.63) is 0 Å². The van der Waals surface area contributed by atoms with Gasteiger partial charge in [0.25, 0.3) is 0 Å². The van der Waals surface area contributed by atoms with Crippen LogP contribution >= 0.6 is 0 Å². The van der Waals surface area contributed by atoms with Crippen LogP contribution < -0.4 is 0 Å². The van der Waals surface area contributed by atoms with Crippen molar-refractivity contribution in [3.63, 3.8) is 0 Å². The highest BCUT2D eigenvalue weighted by Crippen LogP contribution is 2.81. The van der Waals surface area contributed by atoms with E-state index in [0.29, 0.717) is 6.42 Å². The van der Waals surface area contributed by atoms with Gasteiger partial charge in [-0.25, -0.2) is 0 Å². The molecule has 12 atom stereocenters. The molecule has 2 bridgehead atoms. The van der Waals surface area contributed by atoms with E-state index in [0.717, 1.165) is 0 Å². The van der Waals surface area contributed by atoms with Crippen molar-refractivity contribution >= 4 is 11.9 Å². The molecule has 0 radical (unpaired) electrons. The van der Waals surface area contributed by atoms with Crippen LogP contribution in [0.3, 0.4) is 0 Å². The summed E-state index contributed by atoms with van der Waals surface area (Å²) in [6.45, 7) is 2.80. The van der Waals surface area contributed by atoms with Gasteiger partial charge in [0.05, 0.1) is 13.2 Å². The summed E-state index contributed by atoms with van der Waals surface area (Å²) in [5, 5.41) is 64.3. The van der Waals surface area contributed by atoms with Crippen molar-refractivity contribution in [1.82, 2.24) is 0 Å². The highest BCUT2D eigenvalue weighted by Gasteiger charge is 2.94. The summed E-state index contributed by atoms with van der Waals surface area (Å²) in [5.41, 5.74) is -8.47. The minimum absolute atomic E-state index is 0.0270. The number of ether oxygens (including phenoxy) is 4. The Morgan fingerprint density at radius 3 is 2.46 bits per heavy atom. The number of hydrogen-bond donors (Lipinski definition) is 6. The molecule has 198 valence electrons. The molecule has 5 aliphatic rings. The first-order valence-electron chi connectivity index (χ1n) is 12.0. The zero-order valence-corrected chi connectivity index (χ0v) is 19.9. The number of fused-ring (bicyclic) bond motifs is 3. The third kappa shape index (κ3) is 2.55. The van der Waals surface area contributed by atoms with E-state index in [1.807, 2.05) is 0 Å². The molecule has 3 aliphatic carbocycles. The summed E-state index contributed by atoms with van der Waals surface area (Å²) >= 11 is 0. The lowest BCUT2D eigenvalue weighted by Crippen LogP contribution is -2.65. The fourth-order valence-corrected chi connectivity index (χ4v) is 8.11. The van der Waals surface area contributed by atoms with Crippen molar-refractivity contribution in [2.75, 3.05) is 20.3 Å². The van der Waals surface area contributed by atoms with E-state index in [1.165, 1.54) is 7.11 Å². The van der Waals surface area contributed by atoms with E-state index < -0.39 is 88.7 Å².